The highest BCUT2D eigenvalue weighted by molar-refractivity contribution is 7.91. The van der Waals surface area contributed by atoms with E-state index in [-0.39, 0.29) is 11.4 Å². The number of nitrogens with two attached hydrogens (primary N) is 1. The summed E-state index contributed by atoms with van der Waals surface area (Å²) in [4.78, 5) is 0.197. The first-order chi connectivity index (χ1) is 9.45. The van der Waals surface area contributed by atoms with Crippen LogP contribution in [0.5, 0.6) is 0 Å². The molecule has 3 nitrogen and oxygen atoms in total. The van der Waals surface area contributed by atoms with E-state index < -0.39 is 20.9 Å². The fourth-order valence-electron chi connectivity index (χ4n) is 2.04. The molecule has 2 aromatic rings. The first-order valence-electron chi connectivity index (χ1n) is 6.21. The Kier molecular flexibility index (Phi) is 4.20. The molecule has 0 saturated heterocycles. The van der Waals surface area contributed by atoms with E-state index in [0.29, 0.717) is 5.56 Å². The molecule has 0 unspecified atom stereocenters. The summed E-state index contributed by atoms with van der Waals surface area (Å²) in [6, 6.07) is 12.1. The van der Waals surface area contributed by atoms with Crippen LogP contribution < -0.4 is 5.73 Å². The molecule has 0 amide bonds. The van der Waals surface area contributed by atoms with Crippen molar-refractivity contribution in [3.63, 3.8) is 0 Å². The molecule has 0 radical (unpaired) electrons. The van der Waals surface area contributed by atoms with Gasteiger partial charge in [-0.25, -0.2) is 12.8 Å². The van der Waals surface area contributed by atoms with Crippen LogP contribution in [0.25, 0.3) is 0 Å². The van der Waals surface area contributed by atoms with Gasteiger partial charge in [-0.2, -0.15) is 0 Å². The van der Waals surface area contributed by atoms with Crippen LogP contribution in [0.15, 0.2) is 53.4 Å². The van der Waals surface area contributed by atoms with E-state index in [1.54, 1.807) is 30.3 Å². The summed E-state index contributed by atoms with van der Waals surface area (Å²) in [5, 5.41) is -0.944. The smallest absolute Gasteiger partial charge is 0.186 e. The van der Waals surface area contributed by atoms with Gasteiger partial charge in [-0.15, -0.1) is 0 Å². The minimum absolute atomic E-state index is 0.0976. The summed E-state index contributed by atoms with van der Waals surface area (Å²) >= 11 is 0. The predicted molar refractivity (Wildman–Crippen MR) is 76.6 cm³/mol. The Bertz CT molecular complexity index is 696. The Hall–Kier alpha value is -1.72. The van der Waals surface area contributed by atoms with Gasteiger partial charge in [0, 0.05) is 6.54 Å². The summed E-state index contributed by atoms with van der Waals surface area (Å²) in [7, 11) is -3.63. The highest BCUT2D eigenvalue weighted by Gasteiger charge is 2.28. The van der Waals surface area contributed by atoms with E-state index in [9.17, 15) is 12.8 Å². The topological polar surface area (TPSA) is 60.2 Å². The Morgan fingerprint density at radius 3 is 2.35 bits per heavy atom. The van der Waals surface area contributed by atoms with Crippen LogP contribution in [0.1, 0.15) is 16.4 Å². The van der Waals surface area contributed by atoms with Gasteiger partial charge in [-0.3, -0.25) is 0 Å². The third-order valence-corrected chi connectivity index (χ3v) is 5.30. The van der Waals surface area contributed by atoms with Crippen LogP contribution in [0.2, 0.25) is 0 Å². The summed E-state index contributed by atoms with van der Waals surface area (Å²) in [6.07, 6.45) is 0. The molecule has 0 aliphatic rings. The van der Waals surface area contributed by atoms with Gasteiger partial charge in [0.15, 0.2) is 9.84 Å². The molecule has 1 atom stereocenters. The maximum atomic E-state index is 13.3. The van der Waals surface area contributed by atoms with Crippen molar-refractivity contribution in [1.29, 1.82) is 0 Å². The fourth-order valence-corrected chi connectivity index (χ4v) is 3.64. The lowest BCUT2D eigenvalue weighted by Crippen LogP contribution is -2.22. The molecule has 0 aliphatic carbocycles. The Balaban J connectivity index is 2.47. The minimum Gasteiger partial charge on any atom is -0.329 e. The van der Waals surface area contributed by atoms with Gasteiger partial charge in [0.25, 0.3) is 0 Å². The normalized spacial score (nSPS) is 13.2. The van der Waals surface area contributed by atoms with Crippen LogP contribution in [0.3, 0.4) is 0 Å². The second-order valence-corrected chi connectivity index (χ2v) is 6.77. The molecule has 0 aromatic heterocycles. The zero-order valence-corrected chi connectivity index (χ0v) is 11.9. The Morgan fingerprint density at radius 2 is 1.80 bits per heavy atom. The SMILES string of the molecule is Cc1ccc(S(=O)(=O)[C@H](CN)c2cccc(F)c2)cc1. The van der Waals surface area contributed by atoms with Crippen LogP contribution in [0, 0.1) is 12.7 Å². The molecule has 106 valence electrons. The fraction of sp³-hybridized carbons (Fsp3) is 0.200. The number of hydrogen-bond acceptors (Lipinski definition) is 3. The molecule has 0 fully saturated rings. The third-order valence-electron chi connectivity index (χ3n) is 3.16. The van der Waals surface area contributed by atoms with Gasteiger partial charge >= 0.3 is 0 Å². The van der Waals surface area contributed by atoms with E-state index >= 15 is 0 Å². The molecule has 2 N–H and O–H groups in total. The molecule has 0 aliphatic heterocycles. The zero-order valence-electron chi connectivity index (χ0n) is 11.1. The van der Waals surface area contributed by atoms with Gasteiger partial charge in [-0.1, -0.05) is 29.8 Å². The van der Waals surface area contributed by atoms with Gasteiger partial charge in [0.05, 0.1) is 4.90 Å². The molecular formula is C15H16FNO2S. The van der Waals surface area contributed by atoms with Crippen molar-refractivity contribution >= 4 is 9.84 Å². The molecular weight excluding hydrogens is 277 g/mol. The van der Waals surface area contributed by atoms with Crippen LogP contribution >= 0.6 is 0 Å². The number of sulfone groups is 1. The zero-order chi connectivity index (χ0) is 14.8. The van der Waals surface area contributed by atoms with Crippen LogP contribution in [-0.4, -0.2) is 15.0 Å². The number of hydrogen-bond donors (Lipinski definition) is 1. The lowest BCUT2D eigenvalue weighted by Gasteiger charge is -2.16. The second kappa shape index (κ2) is 5.73. The number of benzene rings is 2. The second-order valence-electron chi connectivity index (χ2n) is 4.64. The van der Waals surface area contributed by atoms with Gasteiger partial charge in [0.2, 0.25) is 0 Å². The van der Waals surface area contributed by atoms with E-state index in [2.05, 4.69) is 0 Å². The molecule has 20 heavy (non-hydrogen) atoms. The monoisotopic (exact) mass is 293 g/mol. The summed E-state index contributed by atoms with van der Waals surface area (Å²) in [6.45, 7) is 1.78. The maximum Gasteiger partial charge on any atom is 0.186 e. The maximum absolute atomic E-state index is 13.3. The number of halogens is 1. The summed E-state index contributed by atoms with van der Waals surface area (Å²) < 4.78 is 38.4. The molecule has 0 saturated carbocycles. The van der Waals surface area contributed by atoms with Crippen molar-refractivity contribution in [1.82, 2.24) is 0 Å². The number of rotatable bonds is 4. The molecule has 0 bridgehead atoms. The lowest BCUT2D eigenvalue weighted by atomic mass is 10.1. The molecule has 5 heteroatoms. The van der Waals surface area contributed by atoms with Crippen molar-refractivity contribution < 1.29 is 12.8 Å². The molecule has 2 aromatic carbocycles. The van der Waals surface area contributed by atoms with E-state index in [1.807, 2.05) is 6.92 Å². The Morgan fingerprint density at radius 1 is 1.15 bits per heavy atom. The van der Waals surface area contributed by atoms with E-state index in [4.69, 9.17) is 5.73 Å². The molecule has 0 heterocycles. The lowest BCUT2D eigenvalue weighted by molar-refractivity contribution is 0.581. The molecule has 2 rings (SSSR count). The van der Waals surface area contributed by atoms with Crippen molar-refractivity contribution in [2.45, 2.75) is 17.1 Å². The highest BCUT2D eigenvalue weighted by atomic mass is 32.2. The molecule has 0 spiro atoms. The average Bonchev–Trinajstić information content (AvgIpc) is 2.40. The summed E-state index contributed by atoms with van der Waals surface area (Å²) in [5.74, 6) is -0.472. The average molecular weight is 293 g/mol. The van der Waals surface area contributed by atoms with Crippen molar-refractivity contribution in [2.75, 3.05) is 6.54 Å². The van der Waals surface area contributed by atoms with Gasteiger partial charge in [-0.05, 0) is 36.8 Å². The quantitative estimate of drug-likeness (QED) is 0.942. The first-order valence-corrected chi connectivity index (χ1v) is 7.76. The van der Waals surface area contributed by atoms with E-state index in [1.165, 1.54) is 18.2 Å². The largest absolute Gasteiger partial charge is 0.329 e. The predicted octanol–water partition coefficient (Wildman–Crippen LogP) is 2.61. The third kappa shape index (κ3) is 2.89. The number of aryl methyl sites for hydroxylation is 1. The van der Waals surface area contributed by atoms with Crippen molar-refractivity contribution in [3.05, 3.63) is 65.5 Å². The van der Waals surface area contributed by atoms with Crippen LogP contribution in [0.4, 0.5) is 4.39 Å². The van der Waals surface area contributed by atoms with Crippen molar-refractivity contribution in [3.8, 4) is 0 Å². The summed E-state index contributed by atoms with van der Waals surface area (Å²) in [5.41, 5.74) is 6.95. The Labute approximate surface area is 118 Å². The van der Waals surface area contributed by atoms with Crippen LogP contribution in [-0.2, 0) is 9.84 Å². The standard InChI is InChI=1S/C15H16FNO2S/c1-11-5-7-14(8-6-11)20(18,19)15(10-17)12-3-2-4-13(16)9-12/h2-9,15H,10,17H2,1H3/t15-/m1/s1. The van der Waals surface area contributed by atoms with Gasteiger partial charge < -0.3 is 5.73 Å². The highest BCUT2D eigenvalue weighted by Crippen LogP contribution is 2.28. The van der Waals surface area contributed by atoms with Gasteiger partial charge in [0.1, 0.15) is 11.1 Å². The van der Waals surface area contributed by atoms with E-state index in [0.717, 1.165) is 5.56 Å². The minimum atomic E-state index is -3.63. The first kappa shape index (κ1) is 14.7. The van der Waals surface area contributed by atoms with Crippen molar-refractivity contribution in [2.24, 2.45) is 5.73 Å².